The van der Waals surface area contributed by atoms with E-state index in [4.69, 9.17) is 5.73 Å². The fourth-order valence-electron chi connectivity index (χ4n) is 2.32. The van der Waals surface area contributed by atoms with Gasteiger partial charge in [-0.15, -0.1) is 0 Å². The Bertz CT molecular complexity index is 217. The molecule has 1 aliphatic carbocycles. The number of nitrogens with two attached hydrogens (primary N) is 1. The number of rotatable bonds is 6. The minimum absolute atomic E-state index is 0.112. The van der Waals surface area contributed by atoms with Gasteiger partial charge in [0.2, 0.25) is 5.91 Å². The highest BCUT2D eigenvalue weighted by Crippen LogP contribution is 2.25. The van der Waals surface area contributed by atoms with Crippen LogP contribution in [0.3, 0.4) is 0 Å². The van der Waals surface area contributed by atoms with E-state index in [0.717, 1.165) is 18.7 Å². The number of thioether (sulfide) groups is 1. The molecule has 0 aliphatic heterocycles. The molecule has 0 radical (unpaired) electrons. The third-order valence-corrected chi connectivity index (χ3v) is 3.98. The minimum atomic E-state index is -0.307. The molecule has 94 valence electrons. The zero-order valence-electron chi connectivity index (χ0n) is 10.4. The first-order chi connectivity index (χ1) is 7.65. The lowest BCUT2D eigenvalue weighted by atomic mass is 10.1. The minimum Gasteiger partial charge on any atom is -0.344 e. The van der Waals surface area contributed by atoms with Crippen LogP contribution in [0.2, 0.25) is 0 Å². The van der Waals surface area contributed by atoms with E-state index in [-0.39, 0.29) is 11.9 Å². The van der Waals surface area contributed by atoms with Gasteiger partial charge < -0.3 is 10.6 Å². The summed E-state index contributed by atoms with van der Waals surface area (Å²) in [5, 5.41) is 0. The van der Waals surface area contributed by atoms with Crippen LogP contribution in [-0.4, -0.2) is 42.4 Å². The number of likely N-dealkylation sites (N-methyl/N-ethyl adjacent to an activating group) is 1. The van der Waals surface area contributed by atoms with E-state index in [1.807, 2.05) is 18.2 Å². The maximum absolute atomic E-state index is 11.9. The van der Waals surface area contributed by atoms with Gasteiger partial charge >= 0.3 is 0 Å². The molecule has 0 aromatic heterocycles. The summed E-state index contributed by atoms with van der Waals surface area (Å²) in [4.78, 5) is 13.8. The second kappa shape index (κ2) is 7.17. The molecule has 1 aliphatic rings. The summed E-state index contributed by atoms with van der Waals surface area (Å²) in [6.07, 6.45) is 8.03. The molecule has 0 aromatic rings. The number of carbonyl (C=O) groups is 1. The van der Waals surface area contributed by atoms with Gasteiger partial charge in [-0.2, -0.15) is 11.8 Å². The van der Waals surface area contributed by atoms with Crippen molar-refractivity contribution in [1.82, 2.24) is 4.90 Å². The maximum atomic E-state index is 11.9. The Morgan fingerprint density at radius 3 is 2.69 bits per heavy atom. The molecule has 0 unspecified atom stereocenters. The third kappa shape index (κ3) is 4.34. The smallest absolute Gasteiger partial charge is 0.239 e. The molecule has 0 heterocycles. The van der Waals surface area contributed by atoms with Crippen molar-refractivity contribution in [1.29, 1.82) is 0 Å². The summed E-state index contributed by atoms with van der Waals surface area (Å²) in [6.45, 7) is 0.895. The first-order valence-electron chi connectivity index (χ1n) is 6.14. The highest BCUT2D eigenvalue weighted by Gasteiger charge is 2.22. The molecule has 1 fully saturated rings. The summed E-state index contributed by atoms with van der Waals surface area (Å²) >= 11 is 1.74. The summed E-state index contributed by atoms with van der Waals surface area (Å²) in [5.41, 5.74) is 5.87. The Hall–Kier alpha value is -0.220. The van der Waals surface area contributed by atoms with Gasteiger partial charge in [-0.05, 0) is 37.2 Å². The molecule has 2 N–H and O–H groups in total. The molecule has 16 heavy (non-hydrogen) atoms. The van der Waals surface area contributed by atoms with Crippen LogP contribution in [-0.2, 0) is 4.79 Å². The van der Waals surface area contributed by atoms with Crippen LogP contribution in [0, 0.1) is 5.92 Å². The van der Waals surface area contributed by atoms with E-state index in [1.165, 1.54) is 25.7 Å². The molecule has 3 nitrogen and oxygen atoms in total. The van der Waals surface area contributed by atoms with Crippen molar-refractivity contribution in [2.75, 3.05) is 25.6 Å². The predicted molar refractivity (Wildman–Crippen MR) is 70.6 cm³/mol. The van der Waals surface area contributed by atoms with Crippen LogP contribution in [0.15, 0.2) is 0 Å². The topological polar surface area (TPSA) is 46.3 Å². The van der Waals surface area contributed by atoms with Gasteiger partial charge in [0.25, 0.3) is 0 Å². The molecule has 1 saturated carbocycles. The summed E-state index contributed by atoms with van der Waals surface area (Å²) in [6, 6.07) is -0.307. The number of amides is 1. The van der Waals surface area contributed by atoms with Crippen LogP contribution < -0.4 is 5.73 Å². The lowest BCUT2D eigenvalue weighted by Crippen LogP contribution is -2.43. The fraction of sp³-hybridized carbons (Fsp3) is 0.917. The summed E-state index contributed by atoms with van der Waals surface area (Å²) in [5.74, 6) is 1.78. The average molecular weight is 244 g/mol. The normalized spacial score (nSPS) is 18.7. The van der Waals surface area contributed by atoms with Gasteiger partial charge in [-0.25, -0.2) is 0 Å². The second-order valence-corrected chi connectivity index (χ2v) is 5.74. The van der Waals surface area contributed by atoms with Crippen molar-refractivity contribution in [3.05, 3.63) is 0 Å². The molecule has 0 spiro atoms. The van der Waals surface area contributed by atoms with Gasteiger partial charge in [-0.1, -0.05) is 12.8 Å². The van der Waals surface area contributed by atoms with Crippen molar-refractivity contribution >= 4 is 17.7 Å². The van der Waals surface area contributed by atoms with Gasteiger partial charge in [0.15, 0.2) is 0 Å². The molecule has 0 bridgehead atoms. The van der Waals surface area contributed by atoms with E-state index in [2.05, 4.69) is 0 Å². The number of carbonyl (C=O) groups excluding carboxylic acids is 1. The Morgan fingerprint density at radius 1 is 1.50 bits per heavy atom. The van der Waals surface area contributed by atoms with E-state index < -0.39 is 0 Å². The quantitative estimate of drug-likeness (QED) is 0.774. The summed E-state index contributed by atoms with van der Waals surface area (Å²) in [7, 11) is 1.89. The van der Waals surface area contributed by atoms with Gasteiger partial charge in [-0.3, -0.25) is 4.79 Å². The Labute approximate surface area is 103 Å². The van der Waals surface area contributed by atoms with Crippen LogP contribution in [0.5, 0.6) is 0 Å². The van der Waals surface area contributed by atoms with Crippen molar-refractivity contribution in [2.45, 2.75) is 38.1 Å². The molecule has 0 aromatic carbocycles. The fourth-order valence-corrected chi connectivity index (χ4v) is 2.81. The van der Waals surface area contributed by atoms with Crippen molar-refractivity contribution in [3.63, 3.8) is 0 Å². The Balaban J connectivity index is 2.28. The first kappa shape index (κ1) is 13.8. The highest BCUT2D eigenvalue weighted by atomic mass is 32.2. The highest BCUT2D eigenvalue weighted by molar-refractivity contribution is 7.98. The summed E-state index contributed by atoms with van der Waals surface area (Å²) < 4.78 is 0. The van der Waals surface area contributed by atoms with Crippen molar-refractivity contribution in [3.8, 4) is 0 Å². The molecular formula is C12H24N2OS. The predicted octanol–water partition coefficient (Wildman–Crippen LogP) is 1.72. The van der Waals surface area contributed by atoms with Gasteiger partial charge in [0, 0.05) is 13.6 Å². The average Bonchev–Trinajstić information content (AvgIpc) is 2.77. The number of hydrogen-bond donors (Lipinski definition) is 1. The first-order valence-corrected chi connectivity index (χ1v) is 7.54. The zero-order chi connectivity index (χ0) is 12.0. The van der Waals surface area contributed by atoms with Gasteiger partial charge in [0.05, 0.1) is 6.04 Å². The molecule has 1 rings (SSSR count). The second-order valence-electron chi connectivity index (χ2n) is 4.76. The van der Waals surface area contributed by atoms with Crippen LogP contribution in [0.25, 0.3) is 0 Å². The lowest BCUT2D eigenvalue weighted by molar-refractivity contribution is -0.131. The molecule has 0 saturated heterocycles. The molecule has 1 amide bonds. The largest absolute Gasteiger partial charge is 0.344 e. The molecule has 1 atom stereocenters. The van der Waals surface area contributed by atoms with E-state index in [1.54, 1.807) is 11.8 Å². The van der Waals surface area contributed by atoms with Gasteiger partial charge in [0.1, 0.15) is 0 Å². The number of nitrogens with zero attached hydrogens (tertiary/aromatic N) is 1. The van der Waals surface area contributed by atoms with Crippen LogP contribution in [0.1, 0.15) is 32.1 Å². The monoisotopic (exact) mass is 244 g/mol. The third-order valence-electron chi connectivity index (χ3n) is 3.33. The standard InChI is InChI=1S/C12H24N2OS/c1-14(9-10-5-3-4-6-10)12(15)11(13)7-8-16-2/h10-11H,3-9,13H2,1-2H3/t11-/m1/s1. The van der Waals surface area contributed by atoms with E-state index in [9.17, 15) is 4.79 Å². The van der Waals surface area contributed by atoms with E-state index in [0.29, 0.717) is 5.92 Å². The molecule has 4 heteroatoms. The lowest BCUT2D eigenvalue weighted by Gasteiger charge is -2.24. The van der Waals surface area contributed by atoms with Crippen LogP contribution in [0.4, 0.5) is 0 Å². The number of hydrogen-bond acceptors (Lipinski definition) is 3. The Morgan fingerprint density at radius 2 is 2.12 bits per heavy atom. The molecular weight excluding hydrogens is 220 g/mol. The van der Waals surface area contributed by atoms with E-state index >= 15 is 0 Å². The van der Waals surface area contributed by atoms with Crippen LogP contribution >= 0.6 is 11.8 Å². The van der Waals surface area contributed by atoms with Crippen molar-refractivity contribution in [2.24, 2.45) is 11.7 Å². The zero-order valence-corrected chi connectivity index (χ0v) is 11.3. The maximum Gasteiger partial charge on any atom is 0.239 e. The van der Waals surface area contributed by atoms with Crippen molar-refractivity contribution < 1.29 is 4.79 Å². The SMILES string of the molecule is CSCC[C@@H](N)C(=O)N(C)CC1CCCC1. The Kier molecular flexibility index (Phi) is 6.21.